The maximum absolute atomic E-state index is 6.18. The lowest BCUT2D eigenvalue weighted by molar-refractivity contribution is 0.0691. The fraction of sp³-hybridized carbons (Fsp3) is 0.750. The maximum Gasteiger partial charge on any atom is 0.0408 e. The number of rotatable bonds is 4. The quantitative estimate of drug-likeness (QED) is 0.523. The van der Waals surface area contributed by atoms with Gasteiger partial charge in [0, 0.05) is 5.02 Å². The van der Waals surface area contributed by atoms with Crippen LogP contribution in [0, 0.1) is 29.6 Å². The number of unbranched alkanes of at least 4 members (excludes halogenated alkanes) is 1. The van der Waals surface area contributed by atoms with E-state index < -0.39 is 0 Å². The van der Waals surface area contributed by atoms with Gasteiger partial charge >= 0.3 is 0 Å². The molecule has 1 aromatic carbocycles. The Bertz CT molecular complexity index is 577. The van der Waals surface area contributed by atoms with Gasteiger partial charge in [-0.05, 0) is 104 Å². The molecular formula is C24H35Cl. The van der Waals surface area contributed by atoms with Crippen LogP contribution in [0.25, 0.3) is 0 Å². The van der Waals surface area contributed by atoms with E-state index in [9.17, 15) is 0 Å². The minimum atomic E-state index is 0.914. The van der Waals surface area contributed by atoms with E-state index in [1.54, 1.807) is 18.4 Å². The zero-order chi connectivity index (χ0) is 17.2. The van der Waals surface area contributed by atoms with Crippen molar-refractivity contribution in [1.29, 1.82) is 0 Å². The summed E-state index contributed by atoms with van der Waals surface area (Å²) in [7, 11) is 0. The first-order valence-electron chi connectivity index (χ1n) is 11.0. The molecule has 0 bridgehead atoms. The Morgan fingerprint density at radius 2 is 1.64 bits per heavy atom. The van der Waals surface area contributed by atoms with Gasteiger partial charge in [0.2, 0.25) is 0 Å². The van der Waals surface area contributed by atoms with Crippen LogP contribution in [-0.2, 0) is 12.8 Å². The van der Waals surface area contributed by atoms with Crippen molar-refractivity contribution in [1.82, 2.24) is 0 Å². The molecule has 5 unspecified atom stereocenters. The zero-order valence-corrected chi connectivity index (χ0v) is 16.7. The topological polar surface area (TPSA) is 0 Å². The van der Waals surface area contributed by atoms with E-state index in [4.69, 9.17) is 11.6 Å². The molecule has 0 heterocycles. The third-order valence-electron chi connectivity index (χ3n) is 7.83. The number of fused-ring (bicyclic) bond motifs is 2. The van der Waals surface area contributed by atoms with Gasteiger partial charge in [0.25, 0.3) is 0 Å². The van der Waals surface area contributed by atoms with Crippen molar-refractivity contribution in [2.75, 3.05) is 0 Å². The smallest absolute Gasteiger partial charge is 0.0408 e. The van der Waals surface area contributed by atoms with Crippen LogP contribution in [0.15, 0.2) is 18.2 Å². The van der Waals surface area contributed by atoms with E-state index in [2.05, 4.69) is 25.1 Å². The fourth-order valence-corrected chi connectivity index (χ4v) is 6.55. The molecule has 3 aliphatic carbocycles. The summed E-state index contributed by atoms with van der Waals surface area (Å²) in [6, 6.07) is 6.60. The minimum absolute atomic E-state index is 0.914. The van der Waals surface area contributed by atoms with Crippen LogP contribution in [0.5, 0.6) is 0 Å². The van der Waals surface area contributed by atoms with Gasteiger partial charge in [-0.3, -0.25) is 0 Å². The average molecular weight is 359 g/mol. The summed E-state index contributed by atoms with van der Waals surface area (Å²) in [4.78, 5) is 0. The lowest BCUT2D eigenvalue weighted by Gasteiger charge is -2.45. The van der Waals surface area contributed by atoms with Crippen molar-refractivity contribution in [2.24, 2.45) is 29.6 Å². The molecule has 0 aromatic heterocycles. The van der Waals surface area contributed by atoms with Gasteiger partial charge in [0.05, 0.1) is 0 Å². The molecule has 0 amide bonds. The molecule has 3 aliphatic rings. The second kappa shape index (κ2) is 8.03. The molecule has 0 spiro atoms. The zero-order valence-electron chi connectivity index (χ0n) is 16.0. The second-order valence-corrected chi connectivity index (χ2v) is 9.77. The predicted octanol–water partition coefficient (Wildman–Crippen LogP) is 7.47. The van der Waals surface area contributed by atoms with E-state index >= 15 is 0 Å². The molecule has 0 radical (unpaired) electrons. The fourth-order valence-electron chi connectivity index (χ4n) is 6.36. The van der Waals surface area contributed by atoms with Crippen molar-refractivity contribution in [3.63, 3.8) is 0 Å². The largest absolute Gasteiger partial charge is 0.0843 e. The van der Waals surface area contributed by atoms with E-state index in [0.29, 0.717) is 0 Å². The SMILES string of the molecule is CCCCC1CCC2CC(C3CCc4cc(Cl)ccc4C3)CCC2C1. The van der Waals surface area contributed by atoms with Gasteiger partial charge in [0.1, 0.15) is 0 Å². The van der Waals surface area contributed by atoms with E-state index in [-0.39, 0.29) is 0 Å². The monoisotopic (exact) mass is 358 g/mol. The predicted molar refractivity (Wildman–Crippen MR) is 108 cm³/mol. The number of hydrogen-bond acceptors (Lipinski definition) is 0. The third-order valence-corrected chi connectivity index (χ3v) is 8.06. The molecular weight excluding hydrogens is 324 g/mol. The number of benzene rings is 1. The Hall–Kier alpha value is -0.490. The van der Waals surface area contributed by atoms with Crippen LogP contribution in [0.4, 0.5) is 0 Å². The van der Waals surface area contributed by atoms with Gasteiger partial charge in [-0.2, -0.15) is 0 Å². The van der Waals surface area contributed by atoms with Crippen LogP contribution >= 0.6 is 11.6 Å². The van der Waals surface area contributed by atoms with Crippen molar-refractivity contribution < 1.29 is 0 Å². The van der Waals surface area contributed by atoms with Crippen molar-refractivity contribution in [2.45, 2.75) is 84.0 Å². The van der Waals surface area contributed by atoms with Crippen molar-refractivity contribution >= 4 is 11.6 Å². The Morgan fingerprint density at radius 3 is 2.48 bits per heavy atom. The van der Waals surface area contributed by atoms with Gasteiger partial charge in [-0.25, -0.2) is 0 Å². The highest BCUT2D eigenvalue weighted by Crippen LogP contribution is 2.49. The molecule has 5 atom stereocenters. The van der Waals surface area contributed by atoms with Gasteiger partial charge in [0.15, 0.2) is 0 Å². The van der Waals surface area contributed by atoms with Gasteiger partial charge in [-0.1, -0.05) is 50.3 Å². The lowest BCUT2D eigenvalue weighted by atomic mass is 9.61. The van der Waals surface area contributed by atoms with E-state index in [1.165, 1.54) is 69.8 Å². The first kappa shape index (κ1) is 17.9. The standard InChI is InChI=1S/C24H35Cl/c1-2-3-4-17-5-6-19-14-20(8-7-18(19)13-17)21-9-10-23-16-24(25)12-11-22(23)15-21/h11-12,16-21H,2-10,13-15H2,1H3. The Kier molecular flexibility index (Phi) is 5.75. The molecule has 2 fully saturated rings. The molecule has 1 heteroatoms. The molecule has 2 saturated carbocycles. The third kappa shape index (κ3) is 4.10. The van der Waals surface area contributed by atoms with Crippen LogP contribution in [-0.4, -0.2) is 0 Å². The van der Waals surface area contributed by atoms with Crippen molar-refractivity contribution in [3.8, 4) is 0 Å². The summed E-state index contributed by atoms with van der Waals surface area (Å²) in [6.45, 7) is 2.34. The van der Waals surface area contributed by atoms with Crippen molar-refractivity contribution in [3.05, 3.63) is 34.3 Å². The van der Waals surface area contributed by atoms with Crippen LogP contribution in [0.1, 0.15) is 82.3 Å². The molecule has 138 valence electrons. The van der Waals surface area contributed by atoms with Gasteiger partial charge < -0.3 is 0 Å². The summed E-state index contributed by atoms with van der Waals surface area (Å²) in [5.41, 5.74) is 3.11. The first-order valence-corrected chi connectivity index (χ1v) is 11.4. The maximum atomic E-state index is 6.18. The molecule has 0 nitrogen and oxygen atoms in total. The first-order chi connectivity index (χ1) is 12.2. The summed E-state index contributed by atoms with van der Waals surface area (Å²) < 4.78 is 0. The molecule has 0 saturated heterocycles. The molecule has 0 aliphatic heterocycles. The molecule has 1 aromatic rings. The Balaban J connectivity index is 1.33. The summed E-state index contributed by atoms with van der Waals surface area (Å²) in [5.74, 6) is 5.12. The number of halogens is 1. The van der Waals surface area contributed by atoms with Crippen LogP contribution < -0.4 is 0 Å². The van der Waals surface area contributed by atoms with Gasteiger partial charge in [-0.15, -0.1) is 0 Å². The van der Waals surface area contributed by atoms with E-state index in [0.717, 1.165) is 34.6 Å². The number of hydrogen-bond donors (Lipinski definition) is 0. The highest BCUT2D eigenvalue weighted by molar-refractivity contribution is 6.30. The van der Waals surface area contributed by atoms with Crippen LogP contribution in [0.2, 0.25) is 5.02 Å². The molecule has 25 heavy (non-hydrogen) atoms. The average Bonchev–Trinajstić information content (AvgIpc) is 2.65. The highest BCUT2D eigenvalue weighted by atomic mass is 35.5. The minimum Gasteiger partial charge on any atom is -0.0843 e. The summed E-state index contributed by atoms with van der Waals surface area (Å²) >= 11 is 6.18. The van der Waals surface area contributed by atoms with Crippen LogP contribution in [0.3, 0.4) is 0 Å². The normalized spacial score (nSPS) is 35.0. The highest BCUT2D eigenvalue weighted by Gasteiger charge is 2.38. The number of aryl methyl sites for hydroxylation is 1. The molecule has 0 N–H and O–H groups in total. The summed E-state index contributed by atoms with van der Waals surface area (Å²) in [6.07, 6.45) is 17.5. The van der Waals surface area contributed by atoms with E-state index in [1.807, 2.05) is 0 Å². The summed E-state index contributed by atoms with van der Waals surface area (Å²) in [5, 5.41) is 0.914. The Labute approximate surface area is 159 Å². The Morgan fingerprint density at radius 1 is 0.880 bits per heavy atom. The lowest BCUT2D eigenvalue weighted by Crippen LogP contribution is -2.35. The molecule has 4 rings (SSSR count). The second-order valence-electron chi connectivity index (χ2n) is 9.33.